The maximum absolute atomic E-state index is 12.6. The van der Waals surface area contributed by atoms with Crippen LogP contribution in [0.15, 0.2) is 30.4 Å². The maximum atomic E-state index is 12.6. The molecule has 0 aromatic heterocycles. The summed E-state index contributed by atoms with van der Waals surface area (Å²) in [5, 5.41) is 0. The fraction of sp³-hybridized carbons (Fsp3) is 0.529. The van der Waals surface area contributed by atoms with Crippen LogP contribution in [-0.4, -0.2) is 38.3 Å². The highest BCUT2D eigenvalue weighted by molar-refractivity contribution is 5.48. The number of likely N-dealkylation sites (N-methyl/N-ethyl adjacent to an activating group) is 1. The summed E-state index contributed by atoms with van der Waals surface area (Å²) in [7, 11) is 3.59. The average Bonchev–Trinajstić information content (AvgIpc) is 2.85. The van der Waals surface area contributed by atoms with Gasteiger partial charge in [-0.05, 0) is 50.6 Å². The predicted molar refractivity (Wildman–Crippen MR) is 80.7 cm³/mol. The van der Waals surface area contributed by atoms with Gasteiger partial charge in [0, 0.05) is 11.5 Å². The predicted octanol–water partition coefficient (Wildman–Crippen LogP) is 3.59. The normalized spacial score (nSPS) is 28.0. The van der Waals surface area contributed by atoms with Crippen molar-refractivity contribution < 1.29 is 18.3 Å². The lowest BCUT2D eigenvalue weighted by Gasteiger charge is -2.38. The molecule has 0 spiro atoms. The van der Waals surface area contributed by atoms with Crippen molar-refractivity contribution in [3.8, 4) is 11.5 Å². The Hall–Kier alpha value is -1.62. The van der Waals surface area contributed by atoms with Gasteiger partial charge < -0.3 is 14.4 Å². The van der Waals surface area contributed by atoms with E-state index in [-0.39, 0.29) is 11.2 Å². The Balaban J connectivity index is 2.03. The number of allylic oxidation sites excluding steroid dienone is 1. The van der Waals surface area contributed by atoms with Gasteiger partial charge in [-0.2, -0.15) is 8.78 Å². The van der Waals surface area contributed by atoms with Crippen molar-refractivity contribution in [2.45, 2.75) is 37.3 Å². The fourth-order valence-electron chi connectivity index (χ4n) is 3.88. The second-order valence-electron chi connectivity index (χ2n) is 6.01. The molecule has 1 aliphatic heterocycles. The third-order valence-corrected chi connectivity index (χ3v) is 4.94. The Morgan fingerprint density at radius 2 is 2.14 bits per heavy atom. The van der Waals surface area contributed by atoms with E-state index in [0.717, 1.165) is 31.4 Å². The highest BCUT2D eigenvalue weighted by atomic mass is 19.3. The highest BCUT2D eigenvalue weighted by Crippen LogP contribution is 2.47. The first-order valence-corrected chi connectivity index (χ1v) is 7.58. The zero-order valence-electron chi connectivity index (χ0n) is 12.9. The molecule has 120 valence electrons. The van der Waals surface area contributed by atoms with E-state index in [1.165, 1.54) is 7.11 Å². The summed E-state index contributed by atoms with van der Waals surface area (Å²) in [5.41, 5.74) is 0.911. The molecule has 0 N–H and O–H groups in total. The second kappa shape index (κ2) is 5.88. The number of halogens is 2. The van der Waals surface area contributed by atoms with Gasteiger partial charge in [0.1, 0.15) is 0 Å². The van der Waals surface area contributed by atoms with Gasteiger partial charge in [0.2, 0.25) is 0 Å². The van der Waals surface area contributed by atoms with E-state index < -0.39 is 6.61 Å². The Morgan fingerprint density at radius 3 is 2.86 bits per heavy atom. The summed E-state index contributed by atoms with van der Waals surface area (Å²) in [5.74, 6) is 0.444. The van der Waals surface area contributed by atoms with Crippen molar-refractivity contribution in [2.75, 3.05) is 20.7 Å². The van der Waals surface area contributed by atoms with Crippen LogP contribution in [0.4, 0.5) is 8.78 Å². The van der Waals surface area contributed by atoms with Crippen LogP contribution in [0.5, 0.6) is 11.5 Å². The van der Waals surface area contributed by atoms with E-state index in [0.29, 0.717) is 11.8 Å². The first-order chi connectivity index (χ1) is 10.6. The van der Waals surface area contributed by atoms with Crippen LogP contribution in [0.25, 0.3) is 0 Å². The van der Waals surface area contributed by atoms with Crippen molar-refractivity contribution in [3.05, 3.63) is 35.9 Å². The third-order valence-electron chi connectivity index (χ3n) is 4.94. The largest absolute Gasteiger partial charge is 0.493 e. The van der Waals surface area contributed by atoms with Crippen molar-refractivity contribution >= 4 is 0 Å². The molecule has 2 aliphatic rings. The van der Waals surface area contributed by atoms with E-state index in [1.807, 2.05) is 6.07 Å². The molecule has 1 aromatic carbocycles. The Labute approximate surface area is 129 Å². The summed E-state index contributed by atoms with van der Waals surface area (Å²) < 4.78 is 35.1. The van der Waals surface area contributed by atoms with E-state index >= 15 is 0 Å². The van der Waals surface area contributed by atoms with Gasteiger partial charge in [-0.15, -0.1) is 0 Å². The van der Waals surface area contributed by atoms with E-state index in [1.54, 1.807) is 12.1 Å². The molecule has 0 bridgehead atoms. The SMILES string of the molecule is COc1ccc([C@@]23C=CCCC2N(C)CC3)cc1OC(F)F. The molecule has 0 saturated carbocycles. The molecule has 1 aliphatic carbocycles. The Bertz CT molecular complexity index is 576. The molecule has 0 radical (unpaired) electrons. The molecular weight excluding hydrogens is 288 g/mol. The third kappa shape index (κ3) is 2.47. The average molecular weight is 309 g/mol. The standard InChI is InChI=1S/C17H21F2NO2/c1-20-10-9-17(8-4-3-5-15(17)20)12-6-7-13(21-2)14(11-12)22-16(18)19/h4,6-8,11,15-16H,3,5,9-10H2,1-2H3/t15?,17-/m0/s1. The lowest BCUT2D eigenvalue weighted by atomic mass is 9.70. The molecule has 1 heterocycles. The summed E-state index contributed by atoms with van der Waals surface area (Å²) in [4.78, 5) is 2.36. The first kappa shape index (κ1) is 15.3. The van der Waals surface area contributed by atoms with Crippen LogP contribution < -0.4 is 9.47 Å². The summed E-state index contributed by atoms with van der Waals surface area (Å²) >= 11 is 0. The number of rotatable bonds is 4. The Morgan fingerprint density at radius 1 is 1.32 bits per heavy atom. The van der Waals surface area contributed by atoms with Crippen LogP contribution in [0.1, 0.15) is 24.8 Å². The van der Waals surface area contributed by atoms with Crippen LogP contribution in [-0.2, 0) is 5.41 Å². The number of alkyl halides is 2. The molecule has 1 fully saturated rings. The topological polar surface area (TPSA) is 21.7 Å². The monoisotopic (exact) mass is 309 g/mol. The quantitative estimate of drug-likeness (QED) is 0.793. The minimum atomic E-state index is -2.86. The van der Waals surface area contributed by atoms with Gasteiger partial charge in [0.25, 0.3) is 0 Å². The fourth-order valence-corrected chi connectivity index (χ4v) is 3.88. The van der Waals surface area contributed by atoms with Crippen molar-refractivity contribution in [2.24, 2.45) is 0 Å². The minimum Gasteiger partial charge on any atom is -0.493 e. The van der Waals surface area contributed by atoms with Gasteiger partial charge in [0.05, 0.1) is 7.11 Å². The first-order valence-electron chi connectivity index (χ1n) is 7.58. The Kier molecular flexibility index (Phi) is 4.08. The molecule has 1 unspecified atom stereocenters. The summed E-state index contributed by atoms with van der Waals surface area (Å²) in [6.45, 7) is -1.85. The van der Waals surface area contributed by atoms with Crippen molar-refractivity contribution in [1.29, 1.82) is 0 Å². The van der Waals surface area contributed by atoms with Crippen LogP contribution in [0.2, 0.25) is 0 Å². The van der Waals surface area contributed by atoms with E-state index in [4.69, 9.17) is 4.74 Å². The molecule has 3 rings (SSSR count). The van der Waals surface area contributed by atoms with E-state index in [2.05, 4.69) is 28.8 Å². The molecule has 0 amide bonds. The second-order valence-corrected chi connectivity index (χ2v) is 6.01. The molecular formula is C17H21F2NO2. The minimum absolute atomic E-state index is 0.108. The number of nitrogens with zero attached hydrogens (tertiary/aromatic N) is 1. The molecule has 22 heavy (non-hydrogen) atoms. The number of hydrogen-bond donors (Lipinski definition) is 0. The number of fused-ring (bicyclic) bond motifs is 1. The number of likely N-dealkylation sites (tertiary alicyclic amines) is 1. The van der Waals surface area contributed by atoms with E-state index in [9.17, 15) is 8.78 Å². The summed E-state index contributed by atoms with van der Waals surface area (Å²) in [6.07, 6.45) is 7.59. The lowest BCUT2D eigenvalue weighted by molar-refractivity contribution is -0.0513. The van der Waals surface area contributed by atoms with Gasteiger partial charge in [0.15, 0.2) is 11.5 Å². The van der Waals surface area contributed by atoms with Crippen LogP contribution in [0, 0.1) is 0 Å². The van der Waals surface area contributed by atoms with Crippen molar-refractivity contribution in [1.82, 2.24) is 4.90 Å². The number of ether oxygens (including phenoxy) is 2. The smallest absolute Gasteiger partial charge is 0.387 e. The molecule has 1 saturated heterocycles. The van der Waals surface area contributed by atoms with Gasteiger partial charge in [-0.3, -0.25) is 0 Å². The van der Waals surface area contributed by atoms with Gasteiger partial charge in [-0.1, -0.05) is 18.2 Å². The zero-order valence-corrected chi connectivity index (χ0v) is 12.9. The number of hydrogen-bond acceptors (Lipinski definition) is 3. The lowest BCUT2D eigenvalue weighted by Crippen LogP contribution is -2.41. The van der Waals surface area contributed by atoms with Crippen molar-refractivity contribution in [3.63, 3.8) is 0 Å². The summed E-state index contributed by atoms with van der Waals surface area (Å²) in [6, 6.07) is 5.82. The molecule has 3 nitrogen and oxygen atoms in total. The van der Waals surface area contributed by atoms with Gasteiger partial charge >= 0.3 is 6.61 Å². The van der Waals surface area contributed by atoms with Gasteiger partial charge in [-0.25, -0.2) is 0 Å². The number of benzene rings is 1. The zero-order chi connectivity index (χ0) is 15.7. The maximum Gasteiger partial charge on any atom is 0.387 e. The van der Waals surface area contributed by atoms with Crippen LogP contribution >= 0.6 is 0 Å². The highest BCUT2D eigenvalue weighted by Gasteiger charge is 2.46. The number of methoxy groups -OCH3 is 1. The van der Waals surface area contributed by atoms with Crippen LogP contribution in [0.3, 0.4) is 0 Å². The molecule has 1 aromatic rings. The molecule has 5 heteroatoms. The molecule has 2 atom stereocenters.